The smallest absolute Gasteiger partial charge is 0.125 e. The Balaban J connectivity index is 4.21. The lowest BCUT2D eigenvalue weighted by atomic mass is 9.81. The Morgan fingerprint density at radius 3 is 2.27 bits per heavy atom. The highest BCUT2D eigenvalue weighted by Gasteiger charge is 2.30. The molecule has 0 bridgehead atoms. The second-order valence-corrected chi connectivity index (χ2v) is 3.59. The van der Waals surface area contributed by atoms with E-state index in [1.807, 2.05) is 0 Å². The minimum absolute atomic E-state index is 0.119. The molecule has 11 heavy (non-hydrogen) atoms. The van der Waals surface area contributed by atoms with E-state index in [-0.39, 0.29) is 6.61 Å². The van der Waals surface area contributed by atoms with Crippen molar-refractivity contribution in [2.45, 2.75) is 26.9 Å². The van der Waals surface area contributed by atoms with Gasteiger partial charge in [-0.3, -0.25) is 0 Å². The quantitative estimate of drug-likeness (QED) is 0.578. The zero-order chi connectivity index (χ0) is 9.07. The summed E-state index contributed by atoms with van der Waals surface area (Å²) in [4.78, 5) is 10.3. The molecule has 0 aliphatic heterocycles. The monoisotopic (exact) mass is 160 g/mol. The molecule has 2 atom stereocenters. The van der Waals surface area contributed by atoms with Crippen molar-refractivity contribution in [2.75, 3.05) is 6.61 Å². The summed E-state index contributed by atoms with van der Waals surface area (Å²) in [6.45, 7) is 4.96. The van der Waals surface area contributed by atoms with Gasteiger partial charge in [0.15, 0.2) is 0 Å². The molecule has 66 valence electrons. The highest BCUT2D eigenvalue weighted by molar-refractivity contribution is 5.53. The van der Waals surface area contributed by atoms with E-state index in [0.717, 1.165) is 0 Å². The number of carbonyl (C=O) groups is 1. The molecular formula is C8H16O3. The first-order chi connectivity index (χ1) is 4.95. The molecule has 2 N–H and O–H groups in total. The van der Waals surface area contributed by atoms with Crippen molar-refractivity contribution in [2.24, 2.45) is 11.3 Å². The second-order valence-electron chi connectivity index (χ2n) is 3.59. The average Bonchev–Trinajstić information content (AvgIpc) is 2.01. The van der Waals surface area contributed by atoms with Crippen LogP contribution in [0.15, 0.2) is 0 Å². The summed E-state index contributed by atoms with van der Waals surface area (Å²) in [5, 5.41) is 18.3. The molecule has 0 aliphatic carbocycles. The molecule has 0 spiro atoms. The van der Waals surface area contributed by atoms with Crippen LogP contribution in [0.1, 0.15) is 20.8 Å². The Kier molecular flexibility index (Phi) is 3.69. The number of rotatable bonds is 4. The predicted octanol–water partition coefficient (Wildman–Crippen LogP) is 0.201. The van der Waals surface area contributed by atoms with Crippen LogP contribution in [0.3, 0.4) is 0 Å². The van der Waals surface area contributed by atoms with Gasteiger partial charge < -0.3 is 15.0 Å². The van der Waals surface area contributed by atoms with Crippen molar-refractivity contribution in [1.82, 2.24) is 0 Å². The first-order valence-electron chi connectivity index (χ1n) is 3.70. The number of aldehydes is 1. The summed E-state index contributed by atoms with van der Waals surface area (Å²) < 4.78 is 0. The third-order valence-corrected chi connectivity index (χ3v) is 1.92. The predicted molar refractivity (Wildman–Crippen MR) is 42.1 cm³/mol. The highest BCUT2D eigenvalue weighted by atomic mass is 16.3. The van der Waals surface area contributed by atoms with Crippen molar-refractivity contribution in [3.8, 4) is 0 Å². The van der Waals surface area contributed by atoms with Gasteiger partial charge in [-0.05, 0) is 0 Å². The van der Waals surface area contributed by atoms with Crippen LogP contribution < -0.4 is 0 Å². The van der Waals surface area contributed by atoms with E-state index >= 15 is 0 Å². The molecule has 0 radical (unpaired) electrons. The molecule has 0 aliphatic rings. The third kappa shape index (κ3) is 2.60. The maximum absolute atomic E-state index is 10.3. The van der Waals surface area contributed by atoms with Gasteiger partial charge in [0, 0.05) is 11.3 Å². The van der Waals surface area contributed by atoms with E-state index in [1.165, 1.54) is 0 Å². The molecule has 0 amide bonds. The summed E-state index contributed by atoms with van der Waals surface area (Å²) >= 11 is 0. The van der Waals surface area contributed by atoms with E-state index in [2.05, 4.69) is 0 Å². The largest absolute Gasteiger partial charge is 0.396 e. The maximum atomic E-state index is 10.3. The van der Waals surface area contributed by atoms with E-state index in [4.69, 9.17) is 5.11 Å². The molecule has 3 heteroatoms. The maximum Gasteiger partial charge on any atom is 0.125 e. The van der Waals surface area contributed by atoms with E-state index in [9.17, 15) is 9.90 Å². The summed E-state index contributed by atoms with van der Waals surface area (Å²) in [6.07, 6.45) is -0.0766. The Labute approximate surface area is 67.0 Å². The normalized spacial score (nSPS) is 17.5. The fourth-order valence-electron chi connectivity index (χ4n) is 0.880. The summed E-state index contributed by atoms with van der Waals surface area (Å²) in [5.74, 6) is -0.419. The second kappa shape index (κ2) is 3.83. The van der Waals surface area contributed by atoms with Gasteiger partial charge in [-0.1, -0.05) is 20.8 Å². The Bertz CT molecular complexity index is 131. The SMILES string of the molecule is CC(C=O)C(O)C(C)(C)CO. The van der Waals surface area contributed by atoms with Crippen molar-refractivity contribution in [1.29, 1.82) is 0 Å². The minimum atomic E-state index is -0.773. The van der Waals surface area contributed by atoms with Crippen LogP contribution in [-0.2, 0) is 4.79 Å². The van der Waals surface area contributed by atoms with E-state index < -0.39 is 17.4 Å². The summed E-state index contributed by atoms with van der Waals surface area (Å²) in [5.41, 5.74) is -0.597. The molecule has 0 fully saturated rings. The van der Waals surface area contributed by atoms with Gasteiger partial charge in [0.05, 0.1) is 12.7 Å². The standard InChI is InChI=1S/C8H16O3/c1-6(4-9)7(11)8(2,3)5-10/h4,6-7,10-11H,5H2,1-3H3. The fraction of sp³-hybridized carbons (Fsp3) is 0.875. The lowest BCUT2D eigenvalue weighted by molar-refractivity contribution is -0.117. The Morgan fingerprint density at radius 1 is 1.55 bits per heavy atom. The van der Waals surface area contributed by atoms with Gasteiger partial charge in [0.2, 0.25) is 0 Å². The average molecular weight is 160 g/mol. The van der Waals surface area contributed by atoms with Crippen LogP contribution in [0, 0.1) is 11.3 Å². The summed E-state index contributed by atoms with van der Waals surface area (Å²) in [7, 11) is 0. The van der Waals surface area contributed by atoms with Crippen LogP contribution in [0.25, 0.3) is 0 Å². The van der Waals surface area contributed by atoms with Gasteiger partial charge in [0.25, 0.3) is 0 Å². The molecule has 0 rings (SSSR count). The van der Waals surface area contributed by atoms with Crippen LogP contribution in [0.5, 0.6) is 0 Å². The molecule has 2 unspecified atom stereocenters. The summed E-state index contributed by atoms with van der Waals surface area (Å²) in [6, 6.07) is 0. The fourth-order valence-corrected chi connectivity index (χ4v) is 0.880. The Hall–Kier alpha value is -0.410. The third-order valence-electron chi connectivity index (χ3n) is 1.92. The van der Waals surface area contributed by atoms with Gasteiger partial charge in [0.1, 0.15) is 6.29 Å². The lowest BCUT2D eigenvalue weighted by Crippen LogP contribution is -2.38. The molecule has 0 saturated heterocycles. The van der Waals surface area contributed by atoms with Crippen LogP contribution in [0.4, 0.5) is 0 Å². The minimum Gasteiger partial charge on any atom is -0.396 e. The number of hydrogen-bond donors (Lipinski definition) is 2. The van der Waals surface area contributed by atoms with Crippen molar-refractivity contribution in [3.63, 3.8) is 0 Å². The van der Waals surface area contributed by atoms with Gasteiger partial charge in [-0.2, -0.15) is 0 Å². The first kappa shape index (κ1) is 10.6. The first-order valence-corrected chi connectivity index (χ1v) is 3.70. The molecule has 0 aromatic heterocycles. The van der Waals surface area contributed by atoms with E-state index in [1.54, 1.807) is 20.8 Å². The number of aliphatic hydroxyl groups is 2. The van der Waals surface area contributed by atoms with Crippen LogP contribution in [-0.4, -0.2) is 29.2 Å². The molecule has 3 nitrogen and oxygen atoms in total. The topological polar surface area (TPSA) is 57.5 Å². The molecule has 0 aromatic rings. The zero-order valence-corrected chi connectivity index (χ0v) is 7.24. The van der Waals surface area contributed by atoms with Gasteiger partial charge in [-0.15, -0.1) is 0 Å². The molecule has 0 aromatic carbocycles. The zero-order valence-electron chi connectivity index (χ0n) is 7.24. The number of aliphatic hydroxyl groups excluding tert-OH is 2. The number of carbonyl (C=O) groups excluding carboxylic acids is 1. The van der Waals surface area contributed by atoms with Crippen molar-refractivity contribution >= 4 is 6.29 Å². The van der Waals surface area contributed by atoms with E-state index in [0.29, 0.717) is 6.29 Å². The molecule has 0 heterocycles. The molecule has 0 saturated carbocycles. The van der Waals surface area contributed by atoms with Crippen molar-refractivity contribution in [3.05, 3.63) is 0 Å². The van der Waals surface area contributed by atoms with Crippen LogP contribution in [0.2, 0.25) is 0 Å². The van der Waals surface area contributed by atoms with Crippen LogP contribution >= 0.6 is 0 Å². The van der Waals surface area contributed by atoms with Crippen molar-refractivity contribution < 1.29 is 15.0 Å². The highest BCUT2D eigenvalue weighted by Crippen LogP contribution is 2.24. The van der Waals surface area contributed by atoms with Gasteiger partial charge in [-0.25, -0.2) is 0 Å². The van der Waals surface area contributed by atoms with Gasteiger partial charge >= 0.3 is 0 Å². The molecular weight excluding hydrogens is 144 g/mol. The lowest BCUT2D eigenvalue weighted by Gasteiger charge is -2.30. The Morgan fingerprint density at radius 2 is 2.00 bits per heavy atom. The number of hydrogen-bond acceptors (Lipinski definition) is 3.